The van der Waals surface area contributed by atoms with Crippen LogP contribution in [-0.4, -0.2) is 17.6 Å². The molecule has 0 bridgehead atoms. The van der Waals surface area contributed by atoms with Gasteiger partial charge in [-0.2, -0.15) is 0 Å². The van der Waals surface area contributed by atoms with E-state index in [1.165, 1.54) is 29.9 Å². The molecule has 2 aromatic carbocycles. The molecule has 0 aliphatic rings. The van der Waals surface area contributed by atoms with Gasteiger partial charge in [0.1, 0.15) is 17.1 Å². The number of halogens is 1. The van der Waals surface area contributed by atoms with E-state index in [9.17, 15) is 14.0 Å². The van der Waals surface area contributed by atoms with Crippen molar-refractivity contribution in [2.24, 2.45) is 0 Å². The Bertz CT molecular complexity index is 981. The molecule has 0 aliphatic carbocycles. The summed E-state index contributed by atoms with van der Waals surface area (Å²) in [4.78, 5) is 25.1. The summed E-state index contributed by atoms with van der Waals surface area (Å²) in [6.07, 6.45) is 1.59. The number of aromatic nitrogens is 1. The molecule has 1 N–H and O–H groups in total. The number of anilines is 1. The molecular weight excluding hydrogens is 335 g/mol. The number of methoxy groups -OCH3 is 1. The number of para-hydroxylation sites is 2. The molecule has 5 nitrogen and oxygen atoms in total. The summed E-state index contributed by atoms with van der Waals surface area (Å²) in [6.45, 7) is 0.245. The number of carbonyl (C=O) groups is 1. The van der Waals surface area contributed by atoms with E-state index in [4.69, 9.17) is 4.74 Å². The molecule has 3 aromatic rings. The molecule has 0 atom stereocenters. The molecule has 1 aromatic heterocycles. The van der Waals surface area contributed by atoms with Crippen LogP contribution in [0.15, 0.2) is 71.7 Å². The van der Waals surface area contributed by atoms with Gasteiger partial charge in [0.25, 0.3) is 11.5 Å². The van der Waals surface area contributed by atoms with Crippen molar-refractivity contribution in [2.45, 2.75) is 6.54 Å². The summed E-state index contributed by atoms with van der Waals surface area (Å²) in [5, 5.41) is 2.69. The highest BCUT2D eigenvalue weighted by Gasteiger charge is 2.14. The van der Waals surface area contributed by atoms with Gasteiger partial charge in [0.05, 0.1) is 19.3 Å². The van der Waals surface area contributed by atoms with Gasteiger partial charge in [-0.15, -0.1) is 0 Å². The molecule has 3 rings (SSSR count). The van der Waals surface area contributed by atoms with Crippen LogP contribution in [0.25, 0.3) is 0 Å². The Morgan fingerprint density at radius 2 is 1.81 bits per heavy atom. The Morgan fingerprint density at radius 1 is 1.08 bits per heavy atom. The number of benzene rings is 2. The Balaban J connectivity index is 1.85. The lowest BCUT2D eigenvalue weighted by molar-refractivity contribution is 0.102. The van der Waals surface area contributed by atoms with Crippen LogP contribution >= 0.6 is 0 Å². The van der Waals surface area contributed by atoms with Gasteiger partial charge in [-0.3, -0.25) is 9.59 Å². The Morgan fingerprint density at radius 3 is 2.54 bits per heavy atom. The van der Waals surface area contributed by atoms with E-state index in [0.717, 1.165) is 5.56 Å². The molecule has 132 valence electrons. The maximum absolute atomic E-state index is 13.0. The molecule has 26 heavy (non-hydrogen) atoms. The Hall–Kier alpha value is -3.41. The predicted molar refractivity (Wildman–Crippen MR) is 97.2 cm³/mol. The second kappa shape index (κ2) is 7.65. The zero-order chi connectivity index (χ0) is 18.5. The van der Waals surface area contributed by atoms with Crippen LogP contribution in [0.5, 0.6) is 5.75 Å². The molecule has 1 heterocycles. The summed E-state index contributed by atoms with van der Waals surface area (Å²) in [5.41, 5.74) is 0.828. The molecular formula is C20H17FN2O3. The third-order valence-electron chi connectivity index (χ3n) is 3.89. The Kier molecular flexibility index (Phi) is 5.12. The largest absolute Gasteiger partial charge is 0.495 e. The number of pyridine rings is 1. The fourth-order valence-electron chi connectivity index (χ4n) is 2.56. The quantitative estimate of drug-likeness (QED) is 0.766. The van der Waals surface area contributed by atoms with E-state index in [0.29, 0.717) is 11.4 Å². The van der Waals surface area contributed by atoms with Crippen molar-refractivity contribution < 1.29 is 13.9 Å². The van der Waals surface area contributed by atoms with Crippen LogP contribution in [0, 0.1) is 5.82 Å². The van der Waals surface area contributed by atoms with Crippen molar-refractivity contribution in [3.8, 4) is 5.75 Å². The zero-order valence-electron chi connectivity index (χ0n) is 14.1. The average Bonchev–Trinajstić information content (AvgIpc) is 2.65. The topological polar surface area (TPSA) is 60.3 Å². The van der Waals surface area contributed by atoms with Crippen LogP contribution in [0.4, 0.5) is 10.1 Å². The van der Waals surface area contributed by atoms with Gasteiger partial charge >= 0.3 is 0 Å². The minimum absolute atomic E-state index is 0.0144. The normalized spacial score (nSPS) is 10.4. The van der Waals surface area contributed by atoms with Gasteiger partial charge in [-0.1, -0.05) is 24.3 Å². The van der Waals surface area contributed by atoms with E-state index in [1.54, 1.807) is 48.7 Å². The molecule has 0 fully saturated rings. The second-order valence-corrected chi connectivity index (χ2v) is 5.64. The van der Waals surface area contributed by atoms with Crippen molar-refractivity contribution in [3.05, 3.63) is 94.2 Å². The van der Waals surface area contributed by atoms with Crippen LogP contribution in [0.1, 0.15) is 15.9 Å². The van der Waals surface area contributed by atoms with Gasteiger partial charge in [0.15, 0.2) is 0 Å². The number of hydrogen-bond acceptors (Lipinski definition) is 3. The number of carbonyl (C=O) groups excluding carboxylic acids is 1. The van der Waals surface area contributed by atoms with E-state index in [1.807, 2.05) is 0 Å². The number of nitrogens with one attached hydrogen (secondary N) is 1. The second-order valence-electron chi connectivity index (χ2n) is 5.64. The first-order valence-electron chi connectivity index (χ1n) is 7.97. The summed E-state index contributed by atoms with van der Waals surface area (Å²) in [5.74, 6) is -0.359. The van der Waals surface area contributed by atoms with Crippen LogP contribution in [0.3, 0.4) is 0 Å². The molecule has 0 saturated carbocycles. The minimum atomic E-state index is -0.520. The fraction of sp³-hybridized carbons (Fsp3) is 0.100. The third kappa shape index (κ3) is 3.80. The van der Waals surface area contributed by atoms with Crippen LogP contribution in [0.2, 0.25) is 0 Å². The highest BCUT2D eigenvalue weighted by atomic mass is 19.1. The van der Waals surface area contributed by atoms with E-state index in [-0.39, 0.29) is 17.9 Å². The van der Waals surface area contributed by atoms with Gasteiger partial charge in [-0.25, -0.2) is 4.39 Å². The van der Waals surface area contributed by atoms with E-state index < -0.39 is 11.5 Å². The average molecular weight is 352 g/mol. The van der Waals surface area contributed by atoms with E-state index in [2.05, 4.69) is 5.32 Å². The highest BCUT2D eigenvalue weighted by Crippen LogP contribution is 2.23. The predicted octanol–water partition coefficient (Wildman–Crippen LogP) is 3.30. The lowest BCUT2D eigenvalue weighted by Crippen LogP contribution is -2.29. The fourth-order valence-corrected chi connectivity index (χ4v) is 2.56. The molecule has 0 unspecified atom stereocenters. The van der Waals surface area contributed by atoms with Crippen LogP contribution < -0.4 is 15.6 Å². The van der Waals surface area contributed by atoms with Crippen LogP contribution in [-0.2, 0) is 6.54 Å². The maximum Gasteiger partial charge on any atom is 0.263 e. The van der Waals surface area contributed by atoms with Gasteiger partial charge < -0.3 is 14.6 Å². The molecule has 0 aliphatic heterocycles. The van der Waals surface area contributed by atoms with Crippen molar-refractivity contribution in [3.63, 3.8) is 0 Å². The monoisotopic (exact) mass is 352 g/mol. The van der Waals surface area contributed by atoms with Gasteiger partial charge in [0, 0.05) is 6.20 Å². The number of ether oxygens (including phenoxy) is 1. The van der Waals surface area contributed by atoms with Gasteiger partial charge in [-0.05, 0) is 42.0 Å². The first-order chi connectivity index (χ1) is 12.6. The summed E-state index contributed by atoms with van der Waals surface area (Å²) < 4.78 is 19.6. The Labute approximate surface area is 149 Å². The zero-order valence-corrected chi connectivity index (χ0v) is 14.1. The molecule has 6 heteroatoms. The standard InChI is InChI=1S/C20H17FN2O3/c1-26-18-7-3-2-6-17(18)22-19(24)16-5-4-12-23(20(16)25)13-14-8-10-15(21)11-9-14/h2-12H,13H2,1H3,(H,22,24). The third-order valence-corrected chi connectivity index (χ3v) is 3.89. The number of amides is 1. The summed E-state index contributed by atoms with van der Waals surface area (Å²) >= 11 is 0. The highest BCUT2D eigenvalue weighted by molar-refractivity contribution is 6.04. The van der Waals surface area contributed by atoms with Crippen molar-refractivity contribution in [1.29, 1.82) is 0 Å². The molecule has 0 saturated heterocycles. The van der Waals surface area contributed by atoms with Crippen molar-refractivity contribution in [2.75, 3.05) is 12.4 Å². The number of nitrogens with zero attached hydrogens (tertiary/aromatic N) is 1. The lowest BCUT2D eigenvalue weighted by Gasteiger charge is -2.11. The number of hydrogen-bond donors (Lipinski definition) is 1. The SMILES string of the molecule is COc1ccccc1NC(=O)c1cccn(Cc2ccc(F)cc2)c1=O. The molecule has 0 radical (unpaired) electrons. The maximum atomic E-state index is 13.0. The van der Waals surface area contributed by atoms with Gasteiger partial charge in [0.2, 0.25) is 0 Å². The van der Waals surface area contributed by atoms with E-state index >= 15 is 0 Å². The first kappa shape index (κ1) is 17.4. The number of rotatable bonds is 5. The van der Waals surface area contributed by atoms with Crippen molar-refractivity contribution >= 4 is 11.6 Å². The molecule has 0 spiro atoms. The summed E-state index contributed by atoms with van der Waals surface area (Å²) in [7, 11) is 1.50. The first-order valence-corrected chi connectivity index (χ1v) is 7.97. The minimum Gasteiger partial charge on any atom is -0.495 e. The molecule has 1 amide bonds. The summed E-state index contributed by atoms with van der Waals surface area (Å²) in [6, 6.07) is 15.9. The lowest BCUT2D eigenvalue weighted by atomic mass is 10.2. The van der Waals surface area contributed by atoms with Crippen molar-refractivity contribution in [1.82, 2.24) is 4.57 Å². The smallest absolute Gasteiger partial charge is 0.263 e.